The third-order valence-corrected chi connectivity index (χ3v) is 5.94. The van der Waals surface area contributed by atoms with Crippen molar-refractivity contribution in [2.45, 2.75) is 31.5 Å². The van der Waals surface area contributed by atoms with Crippen LogP contribution in [0.15, 0.2) is 41.3 Å². The van der Waals surface area contributed by atoms with Gasteiger partial charge in [0, 0.05) is 5.56 Å². The van der Waals surface area contributed by atoms with Crippen molar-refractivity contribution in [1.29, 1.82) is 5.26 Å². The molecule has 0 aliphatic heterocycles. The van der Waals surface area contributed by atoms with Crippen molar-refractivity contribution >= 4 is 35.4 Å². The fraction of sp³-hybridized carbons (Fsp3) is 0.211. The molecule has 134 valence electrons. The number of hydrogen-bond acceptors (Lipinski definition) is 3. The number of hydrogen-bond donors (Lipinski definition) is 1. The molecular formula is C19H19ClN2O2SSi. The molecule has 0 fully saturated rings. The Morgan fingerprint density at radius 2 is 1.69 bits per heavy atom. The molecule has 0 heterocycles. The van der Waals surface area contributed by atoms with Gasteiger partial charge in [-0.15, -0.1) is 5.54 Å². The number of nitrogens with one attached hydrogen (secondary N) is 1. The van der Waals surface area contributed by atoms with E-state index >= 15 is 0 Å². The summed E-state index contributed by atoms with van der Waals surface area (Å²) in [5.74, 6) is 3.01. The first kappa shape index (κ1) is 20.1. The number of benzene rings is 2. The molecular weight excluding hydrogens is 384 g/mol. The summed E-state index contributed by atoms with van der Waals surface area (Å²) >= 11 is 6.09. The Morgan fingerprint density at radius 3 is 2.23 bits per heavy atom. The van der Waals surface area contributed by atoms with Crippen LogP contribution >= 0.6 is 11.6 Å². The molecule has 0 aliphatic rings. The molecule has 0 saturated carbocycles. The number of rotatable bonds is 3. The molecule has 2 rings (SSSR count). The van der Waals surface area contributed by atoms with E-state index in [1.54, 1.807) is 12.1 Å². The minimum atomic E-state index is -3.79. The van der Waals surface area contributed by atoms with Crippen molar-refractivity contribution in [1.82, 2.24) is 0 Å². The molecule has 0 aliphatic carbocycles. The molecule has 0 spiro atoms. The van der Waals surface area contributed by atoms with E-state index in [0.717, 1.165) is 5.56 Å². The van der Waals surface area contributed by atoms with Crippen molar-refractivity contribution in [2.24, 2.45) is 0 Å². The minimum absolute atomic E-state index is 0.146. The van der Waals surface area contributed by atoms with E-state index in [0.29, 0.717) is 5.56 Å². The second-order valence-corrected chi connectivity index (χ2v) is 13.7. The highest BCUT2D eigenvalue weighted by Gasteiger charge is 2.17. The number of aryl methyl sites for hydroxylation is 1. The highest BCUT2D eigenvalue weighted by molar-refractivity contribution is 7.92. The van der Waals surface area contributed by atoms with Gasteiger partial charge in [0.25, 0.3) is 10.0 Å². The molecule has 0 radical (unpaired) electrons. The van der Waals surface area contributed by atoms with Gasteiger partial charge in [0.2, 0.25) is 0 Å². The maximum Gasteiger partial charge on any atom is 0.261 e. The number of sulfonamides is 1. The van der Waals surface area contributed by atoms with E-state index < -0.39 is 18.1 Å². The zero-order valence-electron chi connectivity index (χ0n) is 15.0. The summed E-state index contributed by atoms with van der Waals surface area (Å²) in [7, 11) is -5.48. The molecule has 2 aromatic rings. The molecule has 0 aromatic heterocycles. The van der Waals surface area contributed by atoms with Gasteiger partial charge >= 0.3 is 0 Å². The van der Waals surface area contributed by atoms with Gasteiger partial charge in [0.05, 0.1) is 21.2 Å². The second kappa shape index (κ2) is 7.55. The normalized spacial score (nSPS) is 11.2. The zero-order chi connectivity index (χ0) is 19.5. The van der Waals surface area contributed by atoms with E-state index in [2.05, 4.69) is 35.8 Å². The average molecular weight is 403 g/mol. The van der Waals surface area contributed by atoms with Crippen LogP contribution in [0.1, 0.15) is 16.7 Å². The van der Waals surface area contributed by atoms with E-state index in [9.17, 15) is 13.7 Å². The van der Waals surface area contributed by atoms with Gasteiger partial charge < -0.3 is 0 Å². The van der Waals surface area contributed by atoms with E-state index in [1.165, 1.54) is 24.3 Å². The van der Waals surface area contributed by atoms with Gasteiger partial charge in [0.15, 0.2) is 0 Å². The lowest BCUT2D eigenvalue weighted by molar-refractivity contribution is 0.601. The molecule has 0 atom stereocenters. The van der Waals surface area contributed by atoms with Crippen LogP contribution in [0.25, 0.3) is 0 Å². The first-order valence-electron chi connectivity index (χ1n) is 7.88. The van der Waals surface area contributed by atoms with Crippen molar-refractivity contribution in [2.75, 3.05) is 4.72 Å². The van der Waals surface area contributed by atoms with Crippen LogP contribution in [0.3, 0.4) is 0 Å². The molecule has 0 amide bonds. The van der Waals surface area contributed by atoms with Gasteiger partial charge in [-0.3, -0.25) is 4.72 Å². The number of nitriles is 1. The van der Waals surface area contributed by atoms with Gasteiger partial charge in [-0.05, 0) is 31.2 Å². The van der Waals surface area contributed by atoms with Crippen molar-refractivity contribution < 1.29 is 8.42 Å². The van der Waals surface area contributed by atoms with Crippen molar-refractivity contribution in [3.05, 3.63) is 58.1 Å². The smallest absolute Gasteiger partial charge is 0.261 e. The summed E-state index contributed by atoms with van der Waals surface area (Å²) in [4.78, 5) is 0.146. The molecule has 0 bridgehead atoms. The maximum absolute atomic E-state index is 12.7. The molecule has 2 aromatic carbocycles. The Labute approximate surface area is 160 Å². The van der Waals surface area contributed by atoms with Gasteiger partial charge in [0.1, 0.15) is 14.1 Å². The van der Waals surface area contributed by atoms with Crippen LogP contribution in [0.5, 0.6) is 0 Å². The fourth-order valence-electron chi connectivity index (χ4n) is 2.02. The summed E-state index contributed by atoms with van der Waals surface area (Å²) in [6.07, 6.45) is 0. The first-order valence-corrected chi connectivity index (χ1v) is 13.2. The van der Waals surface area contributed by atoms with Crippen molar-refractivity contribution in [3.63, 3.8) is 0 Å². The predicted molar refractivity (Wildman–Crippen MR) is 108 cm³/mol. The van der Waals surface area contributed by atoms with E-state index in [-0.39, 0.29) is 21.2 Å². The van der Waals surface area contributed by atoms with Gasteiger partial charge in [-0.2, -0.15) is 5.26 Å². The Hall–Kier alpha value is -2.25. The Kier molecular flexibility index (Phi) is 5.83. The van der Waals surface area contributed by atoms with Crippen LogP contribution < -0.4 is 4.72 Å². The molecule has 0 unspecified atom stereocenters. The van der Waals surface area contributed by atoms with Gasteiger partial charge in [-0.25, -0.2) is 8.42 Å². The zero-order valence-corrected chi connectivity index (χ0v) is 17.6. The first-order chi connectivity index (χ1) is 12.0. The Morgan fingerprint density at radius 1 is 1.08 bits per heavy atom. The number of halogens is 1. The monoisotopic (exact) mass is 402 g/mol. The second-order valence-electron chi connectivity index (χ2n) is 6.91. The third kappa shape index (κ3) is 5.12. The Bertz CT molecular complexity index is 1040. The van der Waals surface area contributed by atoms with Crippen LogP contribution in [0.4, 0.5) is 5.69 Å². The third-order valence-electron chi connectivity index (χ3n) is 3.38. The molecule has 7 heteroatoms. The fourth-order valence-corrected chi connectivity index (χ4v) is 3.81. The molecule has 1 N–H and O–H groups in total. The summed E-state index contributed by atoms with van der Waals surface area (Å²) in [6, 6.07) is 11.5. The molecule has 0 saturated heterocycles. The lowest BCUT2D eigenvalue weighted by Gasteiger charge is -2.12. The number of nitrogens with zero attached hydrogens (tertiary/aromatic N) is 1. The van der Waals surface area contributed by atoms with Crippen LogP contribution in [0, 0.1) is 29.7 Å². The van der Waals surface area contributed by atoms with E-state index in [4.69, 9.17) is 11.6 Å². The van der Waals surface area contributed by atoms with Gasteiger partial charge in [-0.1, -0.05) is 54.9 Å². The topological polar surface area (TPSA) is 70.0 Å². The SMILES string of the molecule is Cc1ccc(S(=O)(=O)Nc2cc(Cl)c(C#N)cc2C#C[Si](C)(C)C)cc1. The van der Waals surface area contributed by atoms with E-state index in [1.807, 2.05) is 13.0 Å². The van der Waals surface area contributed by atoms with Crippen LogP contribution in [0.2, 0.25) is 24.7 Å². The predicted octanol–water partition coefficient (Wildman–Crippen LogP) is 4.55. The lowest BCUT2D eigenvalue weighted by Crippen LogP contribution is -2.17. The highest BCUT2D eigenvalue weighted by atomic mass is 35.5. The molecule has 26 heavy (non-hydrogen) atoms. The minimum Gasteiger partial charge on any atom is -0.278 e. The van der Waals surface area contributed by atoms with Crippen molar-refractivity contribution in [3.8, 4) is 17.5 Å². The maximum atomic E-state index is 12.7. The number of anilines is 1. The Balaban J connectivity index is 2.54. The highest BCUT2D eigenvalue weighted by Crippen LogP contribution is 2.27. The van der Waals surface area contributed by atoms with Crippen LogP contribution in [-0.4, -0.2) is 16.5 Å². The lowest BCUT2D eigenvalue weighted by atomic mass is 10.1. The largest absolute Gasteiger partial charge is 0.278 e. The standard InChI is InChI=1S/C19H19ClN2O2SSi/c1-14-5-7-17(8-6-14)25(23,24)22-19-12-18(20)16(13-21)11-15(19)9-10-26(2,3)4/h5-8,11-12,22H,1-4H3. The summed E-state index contributed by atoms with van der Waals surface area (Å²) < 4.78 is 27.9. The van der Waals surface area contributed by atoms with Crippen LogP contribution in [-0.2, 0) is 10.0 Å². The average Bonchev–Trinajstić information content (AvgIpc) is 2.53. The summed E-state index contributed by atoms with van der Waals surface area (Å²) in [6.45, 7) is 8.13. The quantitative estimate of drug-likeness (QED) is 0.604. The molecule has 4 nitrogen and oxygen atoms in total. The summed E-state index contributed by atoms with van der Waals surface area (Å²) in [5.41, 5.74) is 5.10. The summed E-state index contributed by atoms with van der Waals surface area (Å²) in [5, 5.41) is 9.36.